The molecule has 174 valence electrons. The molecular weight excluding hydrogens is 481 g/mol. The number of nitrogens with zero attached hydrogens (tertiary/aromatic N) is 1. The first-order valence-electron chi connectivity index (χ1n) is 9.95. The number of carbonyl (C=O) groups is 2. The number of aromatic nitrogens is 2. The number of esters is 1. The van der Waals surface area contributed by atoms with Crippen LogP contribution in [-0.2, 0) is 19.6 Å². The van der Waals surface area contributed by atoms with E-state index in [1.54, 1.807) is 42.5 Å². The largest absolute Gasteiger partial charge is 0.465 e. The fourth-order valence-electron chi connectivity index (χ4n) is 3.26. The molecular formula is C23H19FN3O5S2+. The lowest BCUT2D eigenvalue weighted by Crippen LogP contribution is -2.44. The quantitative estimate of drug-likeness (QED) is 0.229. The average Bonchev–Trinajstić information content (AvgIpc) is 3.23. The second kappa shape index (κ2) is 9.65. The van der Waals surface area contributed by atoms with Crippen LogP contribution in [0.3, 0.4) is 0 Å². The zero-order chi connectivity index (χ0) is 24.3. The minimum Gasteiger partial charge on any atom is -0.465 e. The number of imidazole rings is 1. The van der Waals surface area contributed by atoms with Gasteiger partial charge >= 0.3 is 21.1 Å². The number of hydrogen-bond acceptors (Lipinski definition) is 6. The third-order valence-corrected chi connectivity index (χ3v) is 7.63. The lowest BCUT2D eigenvalue weighted by molar-refractivity contribution is -0.526. The van der Waals surface area contributed by atoms with Crippen molar-refractivity contribution in [3.05, 3.63) is 84.2 Å². The van der Waals surface area contributed by atoms with Gasteiger partial charge in [0.05, 0.1) is 18.4 Å². The van der Waals surface area contributed by atoms with Crippen molar-refractivity contribution < 1.29 is 31.1 Å². The molecule has 4 rings (SSSR count). The van der Waals surface area contributed by atoms with Crippen LogP contribution in [0.4, 0.5) is 10.1 Å². The molecule has 0 aliphatic heterocycles. The Morgan fingerprint density at radius 2 is 1.76 bits per heavy atom. The molecule has 34 heavy (non-hydrogen) atoms. The van der Waals surface area contributed by atoms with Crippen LogP contribution in [0.1, 0.15) is 10.4 Å². The van der Waals surface area contributed by atoms with Gasteiger partial charge < -0.3 is 10.1 Å². The molecule has 0 aliphatic carbocycles. The highest BCUT2D eigenvalue weighted by atomic mass is 32.2. The number of aromatic amines is 1. The van der Waals surface area contributed by atoms with E-state index in [2.05, 4.69) is 15.0 Å². The van der Waals surface area contributed by atoms with Gasteiger partial charge in [-0.1, -0.05) is 30.3 Å². The lowest BCUT2D eigenvalue weighted by Gasteiger charge is -2.07. The number of carbonyl (C=O) groups excluding carboxylic acids is 2. The molecule has 1 heterocycles. The van der Waals surface area contributed by atoms with Crippen LogP contribution < -0.4 is 9.29 Å². The first-order valence-corrected chi connectivity index (χ1v) is 12.4. The molecule has 0 aliphatic rings. The van der Waals surface area contributed by atoms with Crippen LogP contribution in [0.5, 0.6) is 0 Å². The Morgan fingerprint density at radius 1 is 1.06 bits per heavy atom. The molecule has 11 heteroatoms. The minimum absolute atomic E-state index is 0.109. The zero-order valence-corrected chi connectivity index (χ0v) is 19.5. The Bertz CT molecular complexity index is 1490. The van der Waals surface area contributed by atoms with E-state index in [0.717, 1.165) is 24.9 Å². The highest BCUT2D eigenvalue weighted by molar-refractivity contribution is 8.00. The Morgan fingerprint density at radius 3 is 2.50 bits per heavy atom. The van der Waals surface area contributed by atoms with Crippen LogP contribution in [0.25, 0.3) is 11.0 Å². The third kappa shape index (κ3) is 4.66. The molecule has 4 aromatic rings. The van der Waals surface area contributed by atoms with Gasteiger partial charge in [0, 0.05) is 5.69 Å². The van der Waals surface area contributed by atoms with Gasteiger partial charge in [-0.15, -0.1) is 3.97 Å². The van der Waals surface area contributed by atoms with E-state index < -0.39 is 27.7 Å². The van der Waals surface area contributed by atoms with Crippen molar-refractivity contribution >= 4 is 50.4 Å². The van der Waals surface area contributed by atoms with Crippen molar-refractivity contribution in [1.29, 1.82) is 0 Å². The standard InChI is InChI=1S/C23H18FN3O5S2/c1-32-22(29)17-13-15(11-12-18(17)24)25-21(28)14-33-23-26-19-9-5-6-10-20(19)27(23)34(30,31)16-7-3-2-4-8-16/h2-13H,14H2,1H3,(H,25,28)/p+1. The molecule has 0 bridgehead atoms. The van der Waals surface area contributed by atoms with E-state index in [4.69, 9.17) is 0 Å². The highest BCUT2D eigenvalue weighted by Gasteiger charge is 2.32. The predicted molar refractivity (Wildman–Crippen MR) is 125 cm³/mol. The third-order valence-electron chi connectivity index (χ3n) is 4.83. The number of ether oxygens (including phenoxy) is 1. The number of thioether (sulfide) groups is 1. The molecule has 0 saturated carbocycles. The molecule has 0 radical (unpaired) electrons. The van der Waals surface area contributed by atoms with Crippen LogP contribution in [0.2, 0.25) is 0 Å². The van der Waals surface area contributed by atoms with Crippen molar-refractivity contribution in [3.8, 4) is 0 Å². The number of anilines is 1. The summed E-state index contributed by atoms with van der Waals surface area (Å²) in [6.07, 6.45) is 0. The van der Waals surface area contributed by atoms with Crippen LogP contribution >= 0.6 is 11.8 Å². The monoisotopic (exact) mass is 500 g/mol. The molecule has 8 nitrogen and oxygen atoms in total. The summed E-state index contributed by atoms with van der Waals surface area (Å²) in [5.41, 5.74) is 0.922. The van der Waals surface area contributed by atoms with Gasteiger partial charge in [-0.3, -0.25) is 4.79 Å². The van der Waals surface area contributed by atoms with Gasteiger partial charge in [0.2, 0.25) is 5.91 Å². The topological polar surface area (TPSA) is 109 Å². The second-order valence-corrected chi connectivity index (χ2v) is 9.80. The normalized spacial score (nSPS) is 11.4. The Hall–Kier alpha value is -3.70. The molecule has 0 spiro atoms. The molecule has 2 N–H and O–H groups in total. The van der Waals surface area contributed by atoms with Crippen molar-refractivity contribution in [1.82, 2.24) is 4.98 Å². The molecule has 0 atom stereocenters. The number of fused-ring (bicyclic) bond motifs is 1. The first-order chi connectivity index (χ1) is 16.3. The van der Waals surface area contributed by atoms with Crippen LogP contribution in [0.15, 0.2) is 82.8 Å². The maximum atomic E-state index is 13.8. The number of amides is 1. The maximum Gasteiger partial charge on any atom is 0.340 e. The highest BCUT2D eigenvalue weighted by Crippen LogP contribution is 2.22. The minimum atomic E-state index is -3.94. The zero-order valence-electron chi connectivity index (χ0n) is 17.8. The Labute approximate surface area is 198 Å². The molecule has 1 amide bonds. The number of halogens is 1. The SMILES string of the molecule is COC(=O)c1cc(NC(=O)CSc2[nH]c3ccccc3[n+]2S(=O)(=O)c2ccccc2)ccc1F. The predicted octanol–water partition coefficient (Wildman–Crippen LogP) is 3.35. The summed E-state index contributed by atoms with van der Waals surface area (Å²) in [7, 11) is -2.81. The summed E-state index contributed by atoms with van der Waals surface area (Å²) < 4.78 is 46.3. The van der Waals surface area contributed by atoms with E-state index in [-0.39, 0.29) is 27.1 Å². The smallest absolute Gasteiger partial charge is 0.340 e. The van der Waals surface area contributed by atoms with Gasteiger partial charge in [-0.05, 0) is 54.2 Å². The molecule has 3 aromatic carbocycles. The van der Waals surface area contributed by atoms with E-state index in [0.29, 0.717) is 11.0 Å². The van der Waals surface area contributed by atoms with Gasteiger partial charge in [-0.25, -0.2) is 14.2 Å². The number of nitrogens with one attached hydrogen (secondary N) is 2. The Kier molecular flexibility index (Phi) is 6.66. The number of methoxy groups -OCH3 is 1. The Balaban J connectivity index is 1.60. The summed E-state index contributed by atoms with van der Waals surface area (Å²) >= 11 is 0.990. The van der Waals surface area contributed by atoms with Gasteiger partial charge in [0.1, 0.15) is 10.7 Å². The van der Waals surface area contributed by atoms with E-state index >= 15 is 0 Å². The van der Waals surface area contributed by atoms with Gasteiger partial charge in [0.25, 0.3) is 0 Å². The number of H-pyrrole nitrogens is 1. The van der Waals surface area contributed by atoms with Crippen molar-refractivity contribution in [3.63, 3.8) is 0 Å². The average molecular weight is 501 g/mol. The maximum absolute atomic E-state index is 13.8. The first kappa shape index (κ1) is 23.5. The molecule has 0 fully saturated rings. The van der Waals surface area contributed by atoms with Crippen LogP contribution in [0, 0.1) is 5.82 Å². The van der Waals surface area contributed by atoms with Gasteiger partial charge in [-0.2, -0.15) is 8.42 Å². The fraction of sp³-hybridized carbons (Fsp3) is 0.0870. The molecule has 0 unspecified atom stereocenters. The summed E-state index contributed by atoms with van der Waals surface area (Å²) in [5.74, 6) is -2.27. The van der Waals surface area contributed by atoms with Crippen molar-refractivity contribution in [2.45, 2.75) is 10.1 Å². The molecule has 0 saturated heterocycles. The lowest BCUT2D eigenvalue weighted by atomic mass is 10.2. The summed E-state index contributed by atoms with van der Waals surface area (Å²) in [5, 5.41) is 2.82. The fourth-order valence-corrected chi connectivity index (χ4v) is 5.85. The van der Waals surface area contributed by atoms with E-state index in [1.807, 2.05) is 0 Å². The number of benzene rings is 3. The summed E-state index contributed by atoms with van der Waals surface area (Å²) in [4.78, 5) is 27.4. The summed E-state index contributed by atoms with van der Waals surface area (Å²) in [6.45, 7) is 0. The van der Waals surface area contributed by atoms with Crippen molar-refractivity contribution in [2.24, 2.45) is 0 Å². The number of para-hydroxylation sites is 2. The van der Waals surface area contributed by atoms with Crippen LogP contribution in [-0.4, -0.2) is 38.1 Å². The second-order valence-electron chi connectivity index (χ2n) is 7.05. The molecule has 1 aromatic heterocycles. The summed E-state index contributed by atoms with van der Waals surface area (Å²) in [6, 6.07) is 18.4. The van der Waals surface area contributed by atoms with Crippen molar-refractivity contribution in [2.75, 3.05) is 18.2 Å². The van der Waals surface area contributed by atoms with Gasteiger partial charge in [0.15, 0.2) is 11.0 Å². The number of rotatable bonds is 7. The number of hydrogen-bond donors (Lipinski definition) is 2. The van der Waals surface area contributed by atoms with E-state index in [1.165, 1.54) is 28.2 Å². The van der Waals surface area contributed by atoms with E-state index in [9.17, 15) is 22.4 Å².